The van der Waals surface area contributed by atoms with Crippen molar-refractivity contribution in [2.45, 2.75) is 12.8 Å². The molecule has 5 rings (SSSR count). The van der Waals surface area contributed by atoms with Gasteiger partial charge in [0.15, 0.2) is 0 Å². The molecule has 1 N–H and O–H groups in total. The van der Waals surface area contributed by atoms with Crippen molar-refractivity contribution < 1.29 is 0 Å². The predicted molar refractivity (Wildman–Crippen MR) is 110 cm³/mol. The second kappa shape index (κ2) is 5.92. The smallest absolute Gasteiger partial charge is 0.119 e. The first-order chi connectivity index (χ1) is 12.8. The maximum atomic E-state index is 4.33. The number of para-hydroxylation sites is 3. The van der Waals surface area contributed by atoms with E-state index in [0.717, 1.165) is 24.3 Å². The van der Waals surface area contributed by atoms with Crippen LogP contribution in [0.1, 0.15) is 17.5 Å². The van der Waals surface area contributed by atoms with Gasteiger partial charge in [0.25, 0.3) is 0 Å². The average Bonchev–Trinajstić information content (AvgIpc) is 2.98. The Labute approximate surface area is 153 Å². The molecular weight excluding hydrogens is 316 g/mol. The molecule has 4 aromatic rings. The van der Waals surface area contributed by atoms with E-state index in [1.165, 1.54) is 33.3 Å². The summed E-state index contributed by atoms with van der Waals surface area (Å²) in [5.74, 6) is 1.16. The van der Waals surface area contributed by atoms with E-state index in [-0.39, 0.29) is 0 Å². The summed E-state index contributed by atoms with van der Waals surface area (Å²) in [7, 11) is 0. The number of hydrogen-bond donors (Lipinski definition) is 1. The molecule has 0 unspecified atom stereocenters. The normalized spacial score (nSPS) is 13.5. The summed E-state index contributed by atoms with van der Waals surface area (Å²) >= 11 is 0. The van der Waals surface area contributed by atoms with Crippen LogP contribution in [0.15, 0.2) is 85.4 Å². The Morgan fingerprint density at radius 1 is 0.769 bits per heavy atom. The largest absolute Gasteiger partial charge is 0.341 e. The fourth-order valence-electron chi connectivity index (χ4n) is 3.97. The standard InChI is InChI=1S/C24H20N2/c1-17-15-16-21-20-12-6-8-14-23(20)26(18-9-3-2-4-10-18)24(21)25-22-13-7-5-11-19(17)22/h2-14,25H,1,15-16H2. The zero-order valence-corrected chi connectivity index (χ0v) is 14.6. The van der Waals surface area contributed by atoms with Crippen molar-refractivity contribution in [3.05, 3.63) is 96.6 Å². The molecule has 1 aromatic heterocycles. The van der Waals surface area contributed by atoms with Gasteiger partial charge in [-0.3, -0.25) is 4.57 Å². The van der Waals surface area contributed by atoms with E-state index < -0.39 is 0 Å². The highest BCUT2D eigenvalue weighted by Crippen LogP contribution is 2.40. The van der Waals surface area contributed by atoms with Gasteiger partial charge in [0.2, 0.25) is 0 Å². The number of nitrogens with zero attached hydrogens (tertiary/aromatic N) is 1. The minimum Gasteiger partial charge on any atom is -0.341 e. The quantitative estimate of drug-likeness (QED) is 0.429. The van der Waals surface area contributed by atoms with Gasteiger partial charge in [0.1, 0.15) is 5.82 Å². The van der Waals surface area contributed by atoms with Gasteiger partial charge in [-0.05, 0) is 42.7 Å². The number of hydrogen-bond acceptors (Lipinski definition) is 1. The second-order valence-electron chi connectivity index (χ2n) is 6.79. The molecule has 0 spiro atoms. The van der Waals surface area contributed by atoms with Crippen molar-refractivity contribution in [3.8, 4) is 5.69 Å². The highest BCUT2D eigenvalue weighted by molar-refractivity contribution is 5.94. The lowest BCUT2D eigenvalue weighted by Crippen LogP contribution is -2.07. The zero-order chi connectivity index (χ0) is 17.5. The van der Waals surface area contributed by atoms with Crippen LogP contribution in [0.5, 0.6) is 0 Å². The van der Waals surface area contributed by atoms with Gasteiger partial charge >= 0.3 is 0 Å². The lowest BCUT2D eigenvalue weighted by Gasteiger charge is -2.20. The molecule has 0 saturated heterocycles. The number of allylic oxidation sites excluding steroid dienone is 1. The van der Waals surface area contributed by atoms with Crippen molar-refractivity contribution >= 4 is 28.0 Å². The van der Waals surface area contributed by atoms with Gasteiger partial charge in [-0.25, -0.2) is 0 Å². The minimum absolute atomic E-state index is 0.967. The molecule has 0 amide bonds. The number of rotatable bonds is 1. The van der Waals surface area contributed by atoms with Crippen molar-refractivity contribution in [2.75, 3.05) is 5.32 Å². The van der Waals surface area contributed by atoms with Gasteiger partial charge in [0, 0.05) is 27.9 Å². The summed E-state index contributed by atoms with van der Waals surface area (Å²) in [4.78, 5) is 0. The Morgan fingerprint density at radius 3 is 2.38 bits per heavy atom. The molecule has 0 aliphatic carbocycles. The Balaban J connectivity index is 1.83. The number of anilines is 2. The molecule has 0 saturated carbocycles. The molecule has 126 valence electrons. The highest BCUT2D eigenvalue weighted by Gasteiger charge is 2.21. The fraction of sp³-hybridized carbons (Fsp3) is 0.0833. The Bertz CT molecular complexity index is 1120. The van der Waals surface area contributed by atoms with E-state index in [1.807, 2.05) is 0 Å². The SMILES string of the molecule is C=C1CCc2c(n(-c3ccccc3)c3ccccc23)Nc2ccccc21. The molecule has 1 aliphatic heterocycles. The first-order valence-electron chi connectivity index (χ1n) is 9.05. The Morgan fingerprint density at radius 2 is 1.50 bits per heavy atom. The number of nitrogens with one attached hydrogen (secondary N) is 1. The van der Waals surface area contributed by atoms with Gasteiger partial charge < -0.3 is 5.32 Å². The molecule has 0 bridgehead atoms. The maximum Gasteiger partial charge on any atom is 0.119 e. The number of aromatic nitrogens is 1. The van der Waals surface area contributed by atoms with Gasteiger partial charge in [-0.2, -0.15) is 0 Å². The van der Waals surface area contributed by atoms with Crippen molar-refractivity contribution in [1.29, 1.82) is 0 Å². The first-order valence-corrected chi connectivity index (χ1v) is 9.05. The number of benzene rings is 3. The fourth-order valence-corrected chi connectivity index (χ4v) is 3.97. The molecule has 0 fully saturated rings. The third-order valence-electron chi connectivity index (χ3n) is 5.23. The van der Waals surface area contributed by atoms with Gasteiger partial charge in [-0.1, -0.05) is 61.2 Å². The molecule has 26 heavy (non-hydrogen) atoms. The van der Waals surface area contributed by atoms with E-state index in [2.05, 4.69) is 95.3 Å². The van der Waals surface area contributed by atoms with E-state index in [4.69, 9.17) is 0 Å². The Hall–Kier alpha value is -3.26. The zero-order valence-electron chi connectivity index (χ0n) is 14.6. The summed E-state index contributed by atoms with van der Waals surface area (Å²) < 4.78 is 2.34. The maximum absolute atomic E-state index is 4.33. The molecule has 2 nitrogen and oxygen atoms in total. The van der Waals surface area contributed by atoms with E-state index >= 15 is 0 Å². The third kappa shape index (κ3) is 2.26. The molecule has 2 heterocycles. The molecule has 3 aromatic carbocycles. The van der Waals surface area contributed by atoms with Crippen molar-refractivity contribution in [3.63, 3.8) is 0 Å². The number of aryl methyl sites for hydroxylation is 1. The van der Waals surface area contributed by atoms with Gasteiger partial charge in [0.05, 0.1) is 5.52 Å². The first kappa shape index (κ1) is 15.0. The lowest BCUT2D eigenvalue weighted by atomic mass is 9.96. The van der Waals surface area contributed by atoms with Crippen molar-refractivity contribution in [2.24, 2.45) is 0 Å². The van der Waals surface area contributed by atoms with Crippen LogP contribution in [0.3, 0.4) is 0 Å². The van der Waals surface area contributed by atoms with E-state index in [0.29, 0.717) is 0 Å². The summed E-state index contributed by atoms with van der Waals surface area (Å²) in [5.41, 5.74) is 7.30. The molecule has 0 atom stereocenters. The second-order valence-corrected chi connectivity index (χ2v) is 6.79. The average molecular weight is 336 g/mol. The summed E-state index contributed by atoms with van der Waals surface area (Å²) in [6.07, 6.45) is 1.95. The van der Waals surface area contributed by atoms with Crippen LogP contribution >= 0.6 is 0 Å². The summed E-state index contributed by atoms with van der Waals surface area (Å²) in [6, 6.07) is 27.7. The molecule has 2 heteroatoms. The van der Waals surface area contributed by atoms with E-state index in [9.17, 15) is 0 Å². The molecular formula is C24H20N2. The summed E-state index contributed by atoms with van der Waals surface area (Å²) in [6.45, 7) is 4.33. The van der Waals surface area contributed by atoms with E-state index in [1.54, 1.807) is 0 Å². The predicted octanol–water partition coefficient (Wildman–Crippen LogP) is 6.33. The van der Waals surface area contributed by atoms with Crippen LogP contribution in [0.25, 0.3) is 22.2 Å². The topological polar surface area (TPSA) is 17.0 Å². The lowest BCUT2D eigenvalue weighted by molar-refractivity contribution is 1.01. The minimum atomic E-state index is 0.967. The van der Waals surface area contributed by atoms with Crippen molar-refractivity contribution in [1.82, 2.24) is 4.57 Å². The van der Waals surface area contributed by atoms with Gasteiger partial charge in [-0.15, -0.1) is 0 Å². The molecule has 1 aliphatic rings. The van der Waals surface area contributed by atoms with Crippen LogP contribution in [-0.4, -0.2) is 4.57 Å². The van der Waals surface area contributed by atoms with Crippen LogP contribution in [0.4, 0.5) is 11.5 Å². The highest BCUT2D eigenvalue weighted by atomic mass is 15.1. The summed E-state index contributed by atoms with van der Waals surface area (Å²) in [5, 5.41) is 5.04. The van der Waals surface area contributed by atoms with Crippen LogP contribution < -0.4 is 5.32 Å². The van der Waals surface area contributed by atoms with Crippen LogP contribution in [0.2, 0.25) is 0 Å². The van der Waals surface area contributed by atoms with Crippen LogP contribution in [0, 0.1) is 0 Å². The number of fused-ring (bicyclic) bond motifs is 4. The Kier molecular flexibility index (Phi) is 3.42. The third-order valence-corrected chi connectivity index (χ3v) is 5.23. The monoisotopic (exact) mass is 336 g/mol. The van der Waals surface area contributed by atoms with Crippen LogP contribution in [-0.2, 0) is 6.42 Å². The molecule has 0 radical (unpaired) electrons.